The largest absolute Gasteiger partial charge is 0.484 e. The molecule has 0 aliphatic carbocycles. The van der Waals surface area contributed by atoms with E-state index >= 15 is 0 Å². The van der Waals surface area contributed by atoms with Crippen molar-refractivity contribution in [3.63, 3.8) is 0 Å². The molecule has 0 bridgehead atoms. The number of likely N-dealkylation sites (N-methyl/N-ethyl adjacent to an activating group) is 1. The molecular formula is C22H25N5O6S. The third-order valence-electron chi connectivity index (χ3n) is 5.18. The van der Waals surface area contributed by atoms with Crippen molar-refractivity contribution in [2.45, 2.75) is 6.10 Å². The maximum atomic E-state index is 11.9. The monoisotopic (exact) mass is 487 g/mol. The summed E-state index contributed by atoms with van der Waals surface area (Å²) in [7, 11) is -1.77. The van der Waals surface area contributed by atoms with Crippen LogP contribution in [0.5, 0.6) is 11.6 Å². The Morgan fingerprint density at radius 3 is 2.85 bits per heavy atom. The zero-order chi connectivity index (χ0) is 24.1. The van der Waals surface area contributed by atoms with Crippen molar-refractivity contribution in [3.8, 4) is 22.9 Å². The number of nitrogens with one attached hydrogen (secondary N) is 1. The number of carbonyl (C=O) groups is 1. The van der Waals surface area contributed by atoms with Crippen LogP contribution in [-0.2, 0) is 19.6 Å². The predicted octanol–water partition coefficient (Wildman–Crippen LogP) is 0.856. The number of amides is 1. The molecule has 1 saturated heterocycles. The summed E-state index contributed by atoms with van der Waals surface area (Å²) in [6.45, 7) is 0.806. The van der Waals surface area contributed by atoms with Crippen molar-refractivity contribution >= 4 is 27.0 Å². The summed E-state index contributed by atoms with van der Waals surface area (Å²) in [6.07, 6.45) is 3.86. The SMILES string of the molecule is CNC(=O)COc1cccc(-c2cc3nccnc3c(OC[C@@H]3CN(S(C)(=O)=O)CCO3)n2)c1. The predicted molar refractivity (Wildman–Crippen MR) is 124 cm³/mol. The summed E-state index contributed by atoms with van der Waals surface area (Å²) >= 11 is 0. The van der Waals surface area contributed by atoms with Gasteiger partial charge >= 0.3 is 0 Å². The summed E-state index contributed by atoms with van der Waals surface area (Å²) < 4.78 is 42.3. The summed E-state index contributed by atoms with van der Waals surface area (Å²) in [5.41, 5.74) is 2.38. The first kappa shape index (κ1) is 23.8. The van der Waals surface area contributed by atoms with Gasteiger partial charge in [0.1, 0.15) is 18.5 Å². The summed E-state index contributed by atoms with van der Waals surface area (Å²) in [5, 5.41) is 2.51. The molecule has 2 aromatic heterocycles. The van der Waals surface area contributed by atoms with Gasteiger partial charge in [0.15, 0.2) is 12.1 Å². The average Bonchev–Trinajstić information content (AvgIpc) is 2.85. The first-order valence-electron chi connectivity index (χ1n) is 10.6. The molecular weight excluding hydrogens is 462 g/mol. The summed E-state index contributed by atoms with van der Waals surface area (Å²) in [4.78, 5) is 24.8. The first-order valence-corrected chi connectivity index (χ1v) is 12.4. The number of hydrogen-bond donors (Lipinski definition) is 1. The number of pyridine rings is 1. The smallest absolute Gasteiger partial charge is 0.257 e. The number of nitrogens with zero attached hydrogens (tertiary/aromatic N) is 4. The Morgan fingerprint density at radius 1 is 1.24 bits per heavy atom. The molecule has 0 unspecified atom stereocenters. The molecule has 0 radical (unpaired) electrons. The second-order valence-corrected chi connectivity index (χ2v) is 9.63. The minimum absolute atomic E-state index is 0.100. The molecule has 1 fully saturated rings. The van der Waals surface area contributed by atoms with E-state index < -0.39 is 16.1 Å². The molecule has 0 saturated carbocycles. The maximum absolute atomic E-state index is 11.9. The molecule has 1 aromatic carbocycles. The molecule has 3 aromatic rings. The molecule has 3 heterocycles. The lowest BCUT2D eigenvalue weighted by atomic mass is 10.1. The number of sulfonamides is 1. The van der Waals surface area contributed by atoms with E-state index in [9.17, 15) is 13.2 Å². The van der Waals surface area contributed by atoms with Crippen molar-refractivity contribution in [2.24, 2.45) is 0 Å². The fourth-order valence-electron chi connectivity index (χ4n) is 3.42. The van der Waals surface area contributed by atoms with Gasteiger partial charge in [-0.25, -0.2) is 18.4 Å². The van der Waals surface area contributed by atoms with E-state index in [2.05, 4.69) is 20.3 Å². The van der Waals surface area contributed by atoms with E-state index in [0.717, 1.165) is 5.56 Å². The first-order chi connectivity index (χ1) is 16.3. The molecule has 1 amide bonds. The van der Waals surface area contributed by atoms with E-state index in [0.29, 0.717) is 29.0 Å². The quantitative estimate of drug-likeness (QED) is 0.491. The Hall–Kier alpha value is -3.35. The van der Waals surface area contributed by atoms with Crippen LogP contribution in [-0.4, -0.2) is 85.9 Å². The fraction of sp³-hybridized carbons (Fsp3) is 0.364. The highest BCUT2D eigenvalue weighted by Crippen LogP contribution is 2.29. The van der Waals surface area contributed by atoms with E-state index in [4.69, 9.17) is 14.2 Å². The van der Waals surface area contributed by atoms with Crippen LogP contribution in [0.25, 0.3) is 22.3 Å². The average molecular weight is 488 g/mol. The van der Waals surface area contributed by atoms with Gasteiger partial charge in [0.25, 0.3) is 5.91 Å². The van der Waals surface area contributed by atoms with Crippen LogP contribution >= 0.6 is 0 Å². The molecule has 11 nitrogen and oxygen atoms in total. The van der Waals surface area contributed by atoms with Crippen molar-refractivity contribution in [1.82, 2.24) is 24.6 Å². The lowest BCUT2D eigenvalue weighted by Crippen LogP contribution is -2.47. The number of ether oxygens (including phenoxy) is 3. The molecule has 34 heavy (non-hydrogen) atoms. The van der Waals surface area contributed by atoms with Crippen molar-refractivity contribution in [1.29, 1.82) is 0 Å². The Bertz CT molecular complexity index is 1290. The molecule has 180 valence electrons. The van der Waals surface area contributed by atoms with Gasteiger partial charge in [0.2, 0.25) is 15.9 Å². The number of carbonyl (C=O) groups excluding carboxylic acids is 1. The normalized spacial score (nSPS) is 16.8. The van der Waals surface area contributed by atoms with Crippen LogP contribution in [0.1, 0.15) is 0 Å². The standard InChI is InChI=1S/C22H25N5O6S/c1-23-20(28)14-32-16-5-3-4-15(10-16)18-11-19-21(25-7-6-24-19)22(26-18)33-13-17-12-27(8-9-31-17)34(2,29)30/h3-7,10-11,17H,8-9,12-14H2,1-2H3,(H,23,28)/t17-/m0/s1. The van der Waals surface area contributed by atoms with Gasteiger partial charge in [-0.05, 0) is 18.2 Å². The lowest BCUT2D eigenvalue weighted by Gasteiger charge is -2.30. The molecule has 1 N–H and O–H groups in total. The molecule has 0 spiro atoms. The van der Waals surface area contributed by atoms with Gasteiger partial charge in [0, 0.05) is 38.1 Å². The molecule has 1 atom stereocenters. The van der Waals surface area contributed by atoms with Crippen LogP contribution in [0, 0.1) is 0 Å². The molecule has 4 rings (SSSR count). The lowest BCUT2D eigenvalue weighted by molar-refractivity contribution is -0.122. The number of fused-ring (bicyclic) bond motifs is 1. The minimum atomic E-state index is -3.31. The Balaban J connectivity index is 1.57. The Kier molecular flexibility index (Phi) is 7.20. The molecule has 12 heteroatoms. The van der Waals surface area contributed by atoms with Crippen LogP contribution in [0.3, 0.4) is 0 Å². The van der Waals surface area contributed by atoms with Gasteiger partial charge in [-0.1, -0.05) is 12.1 Å². The third kappa shape index (κ3) is 5.76. The van der Waals surface area contributed by atoms with Crippen molar-refractivity contribution < 1.29 is 27.4 Å². The van der Waals surface area contributed by atoms with E-state index in [-0.39, 0.29) is 38.2 Å². The third-order valence-corrected chi connectivity index (χ3v) is 6.45. The molecule has 1 aliphatic rings. The van der Waals surface area contributed by atoms with Crippen molar-refractivity contribution in [3.05, 3.63) is 42.7 Å². The Labute approximate surface area is 197 Å². The number of hydrogen-bond acceptors (Lipinski definition) is 9. The van der Waals surface area contributed by atoms with Gasteiger partial charge in [-0.3, -0.25) is 9.78 Å². The van der Waals surface area contributed by atoms with Crippen molar-refractivity contribution in [2.75, 3.05) is 46.2 Å². The minimum Gasteiger partial charge on any atom is -0.484 e. The summed E-state index contributed by atoms with van der Waals surface area (Å²) in [6, 6.07) is 8.96. The highest BCUT2D eigenvalue weighted by atomic mass is 32.2. The number of benzene rings is 1. The summed E-state index contributed by atoms with van der Waals surface area (Å²) in [5.74, 6) is 0.540. The van der Waals surface area contributed by atoms with E-state index in [1.807, 2.05) is 6.07 Å². The van der Waals surface area contributed by atoms with Crippen LogP contribution in [0.15, 0.2) is 42.7 Å². The maximum Gasteiger partial charge on any atom is 0.257 e. The van der Waals surface area contributed by atoms with Crippen LogP contribution in [0.2, 0.25) is 0 Å². The zero-order valence-corrected chi connectivity index (χ0v) is 19.6. The highest BCUT2D eigenvalue weighted by molar-refractivity contribution is 7.88. The molecule has 1 aliphatic heterocycles. The van der Waals surface area contributed by atoms with Gasteiger partial charge in [-0.2, -0.15) is 4.31 Å². The number of rotatable bonds is 8. The van der Waals surface area contributed by atoms with Gasteiger partial charge in [-0.15, -0.1) is 0 Å². The fourth-order valence-corrected chi connectivity index (χ4v) is 4.27. The Morgan fingerprint density at radius 2 is 2.06 bits per heavy atom. The topological polar surface area (TPSA) is 133 Å². The highest BCUT2D eigenvalue weighted by Gasteiger charge is 2.27. The number of aromatic nitrogens is 3. The second-order valence-electron chi connectivity index (χ2n) is 7.65. The van der Waals surface area contributed by atoms with Gasteiger partial charge < -0.3 is 19.5 Å². The van der Waals surface area contributed by atoms with Gasteiger partial charge in [0.05, 0.1) is 24.1 Å². The van der Waals surface area contributed by atoms with E-state index in [1.165, 1.54) is 10.6 Å². The van der Waals surface area contributed by atoms with E-state index in [1.54, 1.807) is 43.7 Å². The zero-order valence-electron chi connectivity index (χ0n) is 18.8. The second kappa shape index (κ2) is 10.3. The van der Waals surface area contributed by atoms with Crippen LogP contribution < -0.4 is 14.8 Å². The van der Waals surface area contributed by atoms with Crippen LogP contribution in [0.4, 0.5) is 0 Å². The number of morpholine rings is 1.